The maximum absolute atomic E-state index is 5.97. The van der Waals surface area contributed by atoms with Crippen LogP contribution < -0.4 is 5.32 Å². The lowest BCUT2D eigenvalue weighted by Crippen LogP contribution is -2.25. The first-order valence-corrected chi connectivity index (χ1v) is 6.05. The molecule has 1 aliphatic rings. The number of aromatic nitrogens is 3. The van der Waals surface area contributed by atoms with Gasteiger partial charge in [-0.2, -0.15) is 4.98 Å². The highest BCUT2D eigenvalue weighted by Gasteiger charge is 2.18. The second kappa shape index (κ2) is 4.04. The molecule has 1 aliphatic heterocycles. The second-order valence-corrected chi connectivity index (χ2v) is 4.87. The average Bonchev–Trinajstić information content (AvgIpc) is 2.72. The zero-order valence-corrected chi connectivity index (χ0v) is 10.3. The van der Waals surface area contributed by atoms with Gasteiger partial charge in [0.1, 0.15) is 0 Å². The summed E-state index contributed by atoms with van der Waals surface area (Å²) in [5.41, 5.74) is 0.953. The van der Waals surface area contributed by atoms with E-state index in [1.807, 2.05) is 28.9 Å². The van der Waals surface area contributed by atoms with E-state index in [4.69, 9.17) is 11.6 Å². The van der Waals surface area contributed by atoms with Crippen LogP contribution in [0.2, 0.25) is 5.02 Å². The zero-order valence-electron chi connectivity index (χ0n) is 9.52. The van der Waals surface area contributed by atoms with Gasteiger partial charge in [0.05, 0.1) is 0 Å². The molecule has 0 fully saturated rings. The Balaban J connectivity index is 2.00. The van der Waals surface area contributed by atoms with Crippen molar-refractivity contribution in [3.63, 3.8) is 0 Å². The molecular formula is C12H13ClN4. The lowest BCUT2D eigenvalue weighted by Gasteiger charge is -2.19. The Morgan fingerprint density at radius 3 is 3.18 bits per heavy atom. The first kappa shape index (κ1) is 10.6. The number of benzene rings is 1. The Labute approximate surface area is 105 Å². The van der Waals surface area contributed by atoms with E-state index in [-0.39, 0.29) is 0 Å². The van der Waals surface area contributed by atoms with Gasteiger partial charge in [-0.3, -0.25) is 0 Å². The number of nitrogens with zero attached hydrogens (tertiary/aromatic N) is 3. The Kier molecular flexibility index (Phi) is 2.52. The van der Waals surface area contributed by atoms with Gasteiger partial charge in [-0.25, -0.2) is 4.68 Å². The number of fused-ring (bicyclic) bond motifs is 1. The molecule has 0 amide bonds. The Bertz CT molecular complexity index is 549. The normalized spacial score (nSPS) is 18.6. The topological polar surface area (TPSA) is 42.7 Å². The summed E-state index contributed by atoms with van der Waals surface area (Å²) in [6.45, 7) is 4.06. The molecule has 0 saturated heterocycles. The Hall–Kier alpha value is -1.55. The fraction of sp³-hybridized carbons (Fsp3) is 0.333. The minimum absolute atomic E-state index is 0.580. The number of nitrogens with one attached hydrogen (secondary N) is 1. The molecule has 0 saturated carbocycles. The molecule has 1 aromatic heterocycles. The third-order valence-corrected chi connectivity index (χ3v) is 3.08. The summed E-state index contributed by atoms with van der Waals surface area (Å²) >= 11 is 5.97. The van der Waals surface area contributed by atoms with E-state index in [0.717, 1.165) is 30.4 Å². The van der Waals surface area contributed by atoms with Gasteiger partial charge < -0.3 is 5.32 Å². The average molecular weight is 249 g/mol. The van der Waals surface area contributed by atoms with E-state index in [1.54, 1.807) is 0 Å². The first-order valence-electron chi connectivity index (χ1n) is 5.67. The van der Waals surface area contributed by atoms with Crippen molar-refractivity contribution in [2.75, 3.05) is 11.9 Å². The highest BCUT2D eigenvalue weighted by Crippen LogP contribution is 2.23. The summed E-state index contributed by atoms with van der Waals surface area (Å²) in [5, 5.41) is 8.48. The molecule has 4 nitrogen and oxygen atoms in total. The molecule has 2 heterocycles. The van der Waals surface area contributed by atoms with Gasteiger partial charge in [-0.1, -0.05) is 30.7 Å². The van der Waals surface area contributed by atoms with E-state index < -0.39 is 0 Å². The molecule has 1 N–H and O–H groups in total. The number of hydrogen-bond acceptors (Lipinski definition) is 3. The van der Waals surface area contributed by atoms with E-state index in [9.17, 15) is 0 Å². The number of hydrogen-bond donors (Lipinski definition) is 1. The minimum atomic E-state index is 0.580. The molecule has 0 aliphatic carbocycles. The SMILES string of the molecule is CC1CNc2nc(-c3cccc(Cl)c3)nn2C1. The van der Waals surface area contributed by atoms with E-state index in [1.165, 1.54) is 0 Å². The molecule has 0 bridgehead atoms. The highest BCUT2D eigenvalue weighted by molar-refractivity contribution is 6.30. The quantitative estimate of drug-likeness (QED) is 0.844. The predicted octanol–water partition coefficient (Wildman–Crippen LogP) is 2.66. The van der Waals surface area contributed by atoms with Gasteiger partial charge >= 0.3 is 0 Å². The summed E-state index contributed by atoms with van der Waals surface area (Å²) in [6, 6.07) is 7.61. The predicted molar refractivity (Wildman–Crippen MR) is 68.1 cm³/mol. The fourth-order valence-electron chi connectivity index (χ4n) is 1.98. The molecule has 88 valence electrons. The Morgan fingerprint density at radius 1 is 1.47 bits per heavy atom. The van der Waals surface area contributed by atoms with Crippen LogP contribution in [0, 0.1) is 5.92 Å². The van der Waals surface area contributed by atoms with E-state index in [2.05, 4.69) is 22.3 Å². The van der Waals surface area contributed by atoms with Crippen molar-refractivity contribution >= 4 is 17.5 Å². The van der Waals surface area contributed by atoms with Crippen LogP contribution in [0.1, 0.15) is 6.92 Å². The van der Waals surface area contributed by atoms with Crippen LogP contribution in [-0.2, 0) is 6.54 Å². The third kappa shape index (κ3) is 2.00. The van der Waals surface area contributed by atoms with Gasteiger partial charge in [0.15, 0.2) is 5.82 Å². The fourth-order valence-corrected chi connectivity index (χ4v) is 2.17. The molecule has 2 aromatic rings. The minimum Gasteiger partial charge on any atom is -0.354 e. The number of halogens is 1. The summed E-state index contributed by atoms with van der Waals surface area (Å²) in [7, 11) is 0. The largest absolute Gasteiger partial charge is 0.354 e. The lowest BCUT2D eigenvalue weighted by molar-refractivity contribution is 0.444. The van der Waals surface area contributed by atoms with Gasteiger partial charge in [0.25, 0.3) is 0 Å². The number of rotatable bonds is 1. The first-order chi connectivity index (χ1) is 8.22. The zero-order chi connectivity index (χ0) is 11.8. The van der Waals surface area contributed by atoms with Crippen LogP contribution in [0.4, 0.5) is 5.95 Å². The molecule has 5 heteroatoms. The van der Waals surface area contributed by atoms with E-state index >= 15 is 0 Å². The van der Waals surface area contributed by atoms with Crippen molar-refractivity contribution in [2.45, 2.75) is 13.5 Å². The van der Waals surface area contributed by atoms with Crippen LogP contribution in [-0.4, -0.2) is 21.3 Å². The van der Waals surface area contributed by atoms with Crippen molar-refractivity contribution in [1.82, 2.24) is 14.8 Å². The molecule has 1 atom stereocenters. The smallest absolute Gasteiger partial charge is 0.221 e. The summed E-state index contributed by atoms with van der Waals surface area (Å²) in [6.07, 6.45) is 0. The lowest BCUT2D eigenvalue weighted by atomic mass is 10.1. The van der Waals surface area contributed by atoms with Crippen LogP contribution in [0.25, 0.3) is 11.4 Å². The summed E-state index contributed by atoms with van der Waals surface area (Å²) < 4.78 is 1.92. The second-order valence-electron chi connectivity index (χ2n) is 4.44. The molecule has 1 unspecified atom stereocenters. The van der Waals surface area contributed by atoms with Crippen molar-refractivity contribution in [3.8, 4) is 11.4 Å². The molecular weight excluding hydrogens is 236 g/mol. The molecule has 3 rings (SSSR count). The van der Waals surface area contributed by atoms with Gasteiger partial charge in [-0.15, -0.1) is 5.10 Å². The maximum atomic E-state index is 5.97. The third-order valence-electron chi connectivity index (χ3n) is 2.85. The van der Waals surface area contributed by atoms with Crippen LogP contribution in [0.3, 0.4) is 0 Å². The van der Waals surface area contributed by atoms with Gasteiger partial charge in [0, 0.05) is 23.7 Å². The van der Waals surface area contributed by atoms with Crippen molar-refractivity contribution < 1.29 is 0 Å². The summed E-state index contributed by atoms with van der Waals surface area (Å²) in [4.78, 5) is 4.48. The van der Waals surface area contributed by atoms with E-state index in [0.29, 0.717) is 10.9 Å². The molecule has 0 spiro atoms. The van der Waals surface area contributed by atoms with Crippen molar-refractivity contribution in [1.29, 1.82) is 0 Å². The maximum Gasteiger partial charge on any atom is 0.221 e. The van der Waals surface area contributed by atoms with Gasteiger partial charge in [-0.05, 0) is 18.1 Å². The molecule has 17 heavy (non-hydrogen) atoms. The summed E-state index contributed by atoms with van der Waals surface area (Å²) in [5.74, 6) is 2.15. The van der Waals surface area contributed by atoms with Crippen LogP contribution >= 0.6 is 11.6 Å². The number of anilines is 1. The standard InChI is InChI=1S/C12H13ClN4/c1-8-6-14-12-15-11(16-17(12)7-8)9-3-2-4-10(13)5-9/h2-5,8H,6-7H2,1H3,(H,14,15,16). The van der Waals surface area contributed by atoms with Crippen LogP contribution in [0.5, 0.6) is 0 Å². The molecule has 0 radical (unpaired) electrons. The molecule has 1 aromatic carbocycles. The monoisotopic (exact) mass is 248 g/mol. The van der Waals surface area contributed by atoms with Crippen molar-refractivity contribution in [2.24, 2.45) is 5.92 Å². The Morgan fingerprint density at radius 2 is 2.35 bits per heavy atom. The van der Waals surface area contributed by atoms with Crippen molar-refractivity contribution in [3.05, 3.63) is 29.3 Å². The van der Waals surface area contributed by atoms with Gasteiger partial charge in [0.2, 0.25) is 5.95 Å². The van der Waals surface area contributed by atoms with Crippen LogP contribution in [0.15, 0.2) is 24.3 Å². The highest BCUT2D eigenvalue weighted by atomic mass is 35.5.